The van der Waals surface area contributed by atoms with Gasteiger partial charge in [0.05, 0.1) is 4.92 Å². The summed E-state index contributed by atoms with van der Waals surface area (Å²) in [6.45, 7) is 4.25. The number of hydrogen-bond donors (Lipinski definition) is 0. The molecule has 0 aromatic heterocycles. The Labute approximate surface area is 98.5 Å². The van der Waals surface area contributed by atoms with Gasteiger partial charge in [-0.1, -0.05) is 20.3 Å². The van der Waals surface area contributed by atoms with Crippen molar-refractivity contribution in [3.63, 3.8) is 0 Å². The molecule has 1 rings (SSSR count). The van der Waals surface area contributed by atoms with Crippen molar-refractivity contribution in [2.45, 2.75) is 20.3 Å². The SMILES string of the molecule is CCC.N#CN=NOc1ccc([N+](=O)[O-])cc1. The van der Waals surface area contributed by atoms with Crippen LogP contribution in [0.3, 0.4) is 0 Å². The van der Waals surface area contributed by atoms with Gasteiger partial charge in [0.15, 0.2) is 5.75 Å². The minimum Gasteiger partial charge on any atom is -0.339 e. The van der Waals surface area contributed by atoms with E-state index in [4.69, 9.17) is 5.26 Å². The van der Waals surface area contributed by atoms with Crippen LogP contribution in [-0.4, -0.2) is 4.92 Å². The number of nitro benzene ring substituents is 1. The van der Waals surface area contributed by atoms with E-state index in [-0.39, 0.29) is 11.4 Å². The highest BCUT2D eigenvalue weighted by molar-refractivity contribution is 5.35. The van der Waals surface area contributed by atoms with Gasteiger partial charge in [0.2, 0.25) is 6.19 Å². The molecule has 0 aliphatic carbocycles. The summed E-state index contributed by atoms with van der Waals surface area (Å²) < 4.78 is 0. The molecule has 0 aliphatic heterocycles. The molecule has 0 spiro atoms. The van der Waals surface area contributed by atoms with E-state index in [0.29, 0.717) is 0 Å². The molecule has 17 heavy (non-hydrogen) atoms. The van der Waals surface area contributed by atoms with Gasteiger partial charge >= 0.3 is 0 Å². The smallest absolute Gasteiger partial charge is 0.269 e. The third kappa shape index (κ3) is 6.57. The van der Waals surface area contributed by atoms with E-state index in [2.05, 4.69) is 29.1 Å². The van der Waals surface area contributed by atoms with Crippen LogP contribution in [0.15, 0.2) is 34.7 Å². The van der Waals surface area contributed by atoms with Crippen LogP contribution in [0.4, 0.5) is 5.69 Å². The zero-order chi connectivity index (χ0) is 13.1. The summed E-state index contributed by atoms with van der Waals surface area (Å²) in [6.07, 6.45) is 2.64. The van der Waals surface area contributed by atoms with Crippen LogP contribution in [0.25, 0.3) is 0 Å². The average Bonchev–Trinajstić information content (AvgIpc) is 2.31. The van der Waals surface area contributed by atoms with Crippen molar-refractivity contribution < 1.29 is 9.76 Å². The van der Waals surface area contributed by atoms with Crippen molar-refractivity contribution in [3.05, 3.63) is 34.4 Å². The highest BCUT2D eigenvalue weighted by Crippen LogP contribution is 2.17. The first-order valence-corrected chi connectivity index (χ1v) is 4.86. The minimum atomic E-state index is -0.527. The van der Waals surface area contributed by atoms with Crippen LogP contribution in [-0.2, 0) is 0 Å². The quantitative estimate of drug-likeness (QED) is 0.348. The van der Waals surface area contributed by atoms with E-state index in [0.717, 1.165) is 0 Å². The first-order chi connectivity index (χ1) is 8.15. The second kappa shape index (κ2) is 8.79. The molecule has 0 unspecified atom stereocenters. The van der Waals surface area contributed by atoms with E-state index in [9.17, 15) is 10.1 Å². The summed E-state index contributed by atoms with van der Waals surface area (Å²) in [7, 11) is 0. The van der Waals surface area contributed by atoms with E-state index >= 15 is 0 Å². The Kier molecular flexibility index (Phi) is 7.50. The zero-order valence-corrected chi connectivity index (χ0v) is 9.53. The van der Waals surface area contributed by atoms with Crippen LogP contribution in [0.1, 0.15) is 20.3 Å². The van der Waals surface area contributed by atoms with Crippen LogP contribution in [0, 0.1) is 21.6 Å². The Balaban J connectivity index is 0.000000770. The molecule has 90 valence electrons. The molecule has 0 radical (unpaired) electrons. The second-order valence-corrected chi connectivity index (χ2v) is 2.83. The fourth-order valence-corrected chi connectivity index (χ4v) is 0.715. The van der Waals surface area contributed by atoms with Crippen molar-refractivity contribution in [3.8, 4) is 11.9 Å². The highest BCUT2D eigenvalue weighted by atomic mass is 16.6. The molecule has 0 saturated carbocycles. The lowest BCUT2D eigenvalue weighted by molar-refractivity contribution is -0.384. The van der Waals surface area contributed by atoms with E-state index in [1.807, 2.05) is 0 Å². The van der Waals surface area contributed by atoms with Crippen LogP contribution >= 0.6 is 0 Å². The minimum absolute atomic E-state index is 0.0467. The number of nitro groups is 1. The maximum Gasteiger partial charge on any atom is 0.269 e. The predicted octanol–water partition coefficient (Wildman–Crippen LogP) is 3.24. The van der Waals surface area contributed by atoms with E-state index in [1.54, 1.807) is 0 Å². The van der Waals surface area contributed by atoms with Crippen LogP contribution < -0.4 is 4.84 Å². The Bertz CT molecular complexity index is 409. The fraction of sp³-hybridized carbons (Fsp3) is 0.300. The predicted molar refractivity (Wildman–Crippen MR) is 60.2 cm³/mol. The van der Waals surface area contributed by atoms with Crippen molar-refractivity contribution in [2.75, 3.05) is 0 Å². The van der Waals surface area contributed by atoms with Gasteiger partial charge in [-0.2, -0.15) is 5.26 Å². The monoisotopic (exact) mass is 236 g/mol. The number of nitrogens with zero attached hydrogens (tertiary/aromatic N) is 4. The summed E-state index contributed by atoms with van der Waals surface area (Å²) >= 11 is 0. The summed E-state index contributed by atoms with van der Waals surface area (Å²) in [5.41, 5.74) is -0.0467. The molecule has 1 aromatic carbocycles. The summed E-state index contributed by atoms with van der Waals surface area (Å²) in [6, 6.07) is 5.23. The Morgan fingerprint density at radius 1 is 1.41 bits per heavy atom. The molecule has 0 aliphatic rings. The summed E-state index contributed by atoms with van der Waals surface area (Å²) in [5.74, 6) is 0.273. The van der Waals surface area contributed by atoms with E-state index < -0.39 is 4.92 Å². The largest absolute Gasteiger partial charge is 0.339 e. The number of benzene rings is 1. The molecule has 0 bridgehead atoms. The molecule has 0 heterocycles. The maximum atomic E-state index is 10.3. The zero-order valence-electron chi connectivity index (χ0n) is 9.53. The number of hydrogen-bond acceptors (Lipinski definition) is 6. The Morgan fingerprint density at radius 2 is 1.94 bits per heavy atom. The third-order valence-corrected chi connectivity index (χ3v) is 1.28. The summed E-state index contributed by atoms with van der Waals surface area (Å²) in [5, 5.41) is 24.2. The Hall–Kier alpha value is -2.49. The van der Waals surface area contributed by atoms with Crippen molar-refractivity contribution >= 4 is 5.69 Å². The number of nitriles is 1. The Morgan fingerprint density at radius 3 is 2.35 bits per heavy atom. The lowest BCUT2D eigenvalue weighted by Gasteiger charge is -1.94. The van der Waals surface area contributed by atoms with Gasteiger partial charge in [-0.05, 0) is 17.2 Å². The molecular weight excluding hydrogens is 224 g/mol. The highest BCUT2D eigenvalue weighted by Gasteiger charge is 2.03. The second-order valence-electron chi connectivity index (χ2n) is 2.83. The molecule has 7 heteroatoms. The molecule has 0 N–H and O–H groups in total. The normalized spacial score (nSPS) is 9.00. The maximum absolute atomic E-state index is 10.3. The van der Waals surface area contributed by atoms with Gasteiger partial charge < -0.3 is 4.84 Å². The van der Waals surface area contributed by atoms with Crippen molar-refractivity contribution in [2.24, 2.45) is 10.4 Å². The van der Waals surface area contributed by atoms with Gasteiger partial charge in [0.25, 0.3) is 5.69 Å². The van der Waals surface area contributed by atoms with Gasteiger partial charge in [0, 0.05) is 17.4 Å². The van der Waals surface area contributed by atoms with E-state index in [1.165, 1.54) is 36.9 Å². The van der Waals surface area contributed by atoms with Gasteiger partial charge in [-0.15, -0.1) is 0 Å². The topological polar surface area (TPSA) is 101 Å². The lowest BCUT2D eigenvalue weighted by atomic mass is 10.3. The molecular formula is C10H12N4O3. The first kappa shape index (κ1) is 14.5. The van der Waals surface area contributed by atoms with Gasteiger partial charge in [0.1, 0.15) is 0 Å². The molecule has 0 fully saturated rings. The molecule has 0 atom stereocenters. The molecule has 0 amide bonds. The van der Waals surface area contributed by atoms with Gasteiger partial charge in [-0.3, -0.25) is 10.1 Å². The number of rotatable bonds is 3. The van der Waals surface area contributed by atoms with Crippen LogP contribution in [0.5, 0.6) is 5.75 Å². The van der Waals surface area contributed by atoms with Crippen molar-refractivity contribution in [1.29, 1.82) is 5.26 Å². The first-order valence-electron chi connectivity index (χ1n) is 4.86. The average molecular weight is 236 g/mol. The molecule has 0 saturated heterocycles. The summed E-state index contributed by atoms with van der Waals surface area (Å²) in [4.78, 5) is 14.3. The standard InChI is InChI=1S/C7H4N4O3.C3H8/c8-5-9-10-14-7-3-1-6(2-4-7)11(12)13;1-3-2/h1-4H;3H2,1-2H3. The fourth-order valence-electron chi connectivity index (χ4n) is 0.715. The third-order valence-electron chi connectivity index (χ3n) is 1.28. The lowest BCUT2D eigenvalue weighted by Crippen LogP contribution is -1.87. The van der Waals surface area contributed by atoms with Crippen LogP contribution in [0.2, 0.25) is 0 Å². The molecule has 1 aromatic rings. The number of non-ortho nitro benzene ring substituents is 1. The van der Waals surface area contributed by atoms with Crippen molar-refractivity contribution in [1.82, 2.24) is 0 Å². The molecule has 7 nitrogen and oxygen atoms in total. The van der Waals surface area contributed by atoms with Gasteiger partial charge in [-0.25, -0.2) is 0 Å².